The van der Waals surface area contributed by atoms with Crippen molar-refractivity contribution in [3.8, 4) is 5.69 Å². The van der Waals surface area contributed by atoms with Crippen molar-refractivity contribution in [1.82, 2.24) is 14.3 Å². The fraction of sp³-hybridized carbons (Fsp3) is 0.250. The van der Waals surface area contributed by atoms with Gasteiger partial charge in [0.15, 0.2) is 4.80 Å². The van der Waals surface area contributed by atoms with Gasteiger partial charge in [-0.15, -0.1) is 0 Å². The lowest BCUT2D eigenvalue weighted by atomic mass is 10.1. The van der Waals surface area contributed by atoms with Crippen LogP contribution in [0.1, 0.15) is 34.1 Å². The molecule has 4 rings (SSSR count). The van der Waals surface area contributed by atoms with Gasteiger partial charge < -0.3 is 9.30 Å². The van der Waals surface area contributed by atoms with Gasteiger partial charge in [0.25, 0.3) is 5.91 Å². The maximum atomic E-state index is 13.1. The van der Waals surface area contributed by atoms with Crippen LogP contribution in [0.2, 0.25) is 0 Å². The fourth-order valence-electron chi connectivity index (χ4n) is 3.49. The number of hydrogen-bond donors (Lipinski definition) is 0. The number of aryl methyl sites for hydroxylation is 2. The van der Waals surface area contributed by atoms with Gasteiger partial charge in [-0.1, -0.05) is 29.5 Å². The summed E-state index contributed by atoms with van der Waals surface area (Å²) in [5.74, 6) is -0.769. The van der Waals surface area contributed by atoms with Gasteiger partial charge in [0.05, 0.1) is 40.0 Å². The number of hydrogen-bond acceptors (Lipinski definition) is 5. The third kappa shape index (κ3) is 4.13. The summed E-state index contributed by atoms with van der Waals surface area (Å²) < 4.78 is 9.56. The zero-order valence-corrected chi connectivity index (χ0v) is 19.3. The van der Waals surface area contributed by atoms with Crippen molar-refractivity contribution in [2.24, 2.45) is 4.99 Å². The van der Waals surface area contributed by atoms with Gasteiger partial charge in [-0.2, -0.15) is 10.1 Å². The molecular formula is C24H24N4O3S. The zero-order valence-electron chi connectivity index (χ0n) is 18.5. The molecule has 164 valence electrons. The minimum Gasteiger partial charge on any atom is -0.465 e. The third-order valence-electron chi connectivity index (χ3n) is 5.33. The summed E-state index contributed by atoms with van der Waals surface area (Å²) in [5, 5.41) is 4.37. The van der Waals surface area contributed by atoms with Crippen molar-refractivity contribution in [3.05, 3.63) is 75.8 Å². The first-order valence-corrected chi connectivity index (χ1v) is 11.2. The van der Waals surface area contributed by atoms with Crippen molar-refractivity contribution in [1.29, 1.82) is 0 Å². The second-order valence-corrected chi connectivity index (χ2v) is 8.50. The van der Waals surface area contributed by atoms with Gasteiger partial charge in [0.1, 0.15) is 6.54 Å². The largest absolute Gasteiger partial charge is 0.465 e. The topological polar surface area (TPSA) is 78.5 Å². The maximum Gasteiger partial charge on any atom is 0.326 e. The molecule has 0 saturated carbocycles. The molecule has 0 atom stereocenters. The molecule has 0 bridgehead atoms. The molecule has 0 aliphatic rings. The molecule has 0 aliphatic carbocycles. The molecule has 4 aromatic rings. The monoisotopic (exact) mass is 448 g/mol. The quantitative estimate of drug-likeness (QED) is 0.430. The Morgan fingerprint density at radius 1 is 1.09 bits per heavy atom. The van der Waals surface area contributed by atoms with Crippen LogP contribution in [0.5, 0.6) is 0 Å². The molecule has 0 radical (unpaired) electrons. The molecule has 0 saturated heterocycles. The summed E-state index contributed by atoms with van der Waals surface area (Å²) in [6, 6.07) is 13.7. The maximum absolute atomic E-state index is 13.1. The van der Waals surface area contributed by atoms with E-state index >= 15 is 0 Å². The second kappa shape index (κ2) is 8.92. The number of para-hydroxylation sites is 1. The van der Waals surface area contributed by atoms with Crippen molar-refractivity contribution in [2.45, 2.75) is 34.2 Å². The summed E-state index contributed by atoms with van der Waals surface area (Å²) in [4.78, 5) is 30.2. The number of carbonyl (C=O) groups excluding carboxylic acids is 2. The number of benzene rings is 2. The Morgan fingerprint density at radius 2 is 1.81 bits per heavy atom. The highest BCUT2D eigenvalue weighted by Crippen LogP contribution is 2.22. The summed E-state index contributed by atoms with van der Waals surface area (Å²) in [7, 11) is 0. The molecule has 1 amide bonds. The highest BCUT2D eigenvalue weighted by Gasteiger charge is 2.17. The summed E-state index contributed by atoms with van der Waals surface area (Å²) >= 11 is 1.38. The molecule has 0 N–H and O–H groups in total. The molecule has 2 aromatic carbocycles. The summed E-state index contributed by atoms with van der Waals surface area (Å²) in [6.07, 6.45) is 1.53. The van der Waals surface area contributed by atoms with Crippen LogP contribution in [0.25, 0.3) is 15.9 Å². The molecule has 0 fully saturated rings. The summed E-state index contributed by atoms with van der Waals surface area (Å²) in [5.41, 5.74) is 5.09. The first-order valence-electron chi connectivity index (χ1n) is 10.3. The number of aromatic nitrogens is 3. The van der Waals surface area contributed by atoms with E-state index in [2.05, 4.69) is 16.2 Å². The Balaban J connectivity index is 1.80. The average Bonchev–Trinajstić information content (AvgIpc) is 3.30. The van der Waals surface area contributed by atoms with E-state index in [9.17, 15) is 9.59 Å². The number of fused-ring (bicyclic) bond motifs is 1. The lowest BCUT2D eigenvalue weighted by molar-refractivity contribution is -0.143. The van der Waals surface area contributed by atoms with Gasteiger partial charge in [-0.25, -0.2) is 4.68 Å². The Labute approximate surface area is 189 Å². The average molecular weight is 449 g/mol. The lowest BCUT2D eigenvalue weighted by Crippen LogP contribution is -2.23. The van der Waals surface area contributed by atoms with E-state index in [0.29, 0.717) is 22.7 Å². The second-order valence-electron chi connectivity index (χ2n) is 7.49. The van der Waals surface area contributed by atoms with E-state index in [-0.39, 0.29) is 12.5 Å². The predicted octanol–water partition coefficient (Wildman–Crippen LogP) is 4.12. The number of ether oxygens (including phenoxy) is 1. The number of rotatable bonds is 5. The first-order chi connectivity index (χ1) is 15.4. The molecule has 0 aliphatic heterocycles. The van der Waals surface area contributed by atoms with Crippen LogP contribution in [-0.4, -0.2) is 32.8 Å². The molecule has 7 nitrogen and oxygen atoms in total. The minimum atomic E-state index is -0.401. The van der Waals surface area contributed by atoms with E-state index in [1.54, 1.807) is 16.2 Å². The molecule has 32 heavy (non-hydrogen) atoms. The van der Waals surface area contributed by atoms with Crippen LogP contribution in [0.4, 0.5) is 0 Å². The minimum absolute atomic E-state index is 0.00921. The highest BCUT2D eigenvalue weighted by atomic mass is 32.1. The van der Waals surface area contributed by atoms with Crippen LogP contribution in [0.15, 0.2) is 53.7 Å². The number of esters is 1. The van der Waals surface area contributed by atoms with Gasteiger partial charge in [-0.05, 0) is 63.1 Å². The van der Waals surface area contributed by atoms with Crippen LogP contribution in [-0.2, 0) is 16.1 Å². The zero-order chi connectivity index (χ0) is 22.8. The van der Waals surface area contributed by atoms with Crippen LogP contribution >= 0.6 is 11.3 Å². The predicted molar refractivity (Wildman–Crippen MR) is 124 cm³/mol. The van der Waals surface area contributed by atoms with Crippen molar-refractivity contribution in [2.75, 3.05) is 6.61 Å². The Kier molecular flexibility index (Phi) is 6.05. The molecule has 0 unspecified atom stereocenters. The number of thiazole rings is 1. The Morgan fingerprint density at radius 3 is 2.53 bits per heavy atom. The van der Waals surface area contributed by atoms with Gasteiger partial charge in [0, 0.05) is 0 Å². The van der Waals surface area contributed by atoms with Gasteiger partial charge >= 0.3 is 5.97 Å². The van der Waals surface area contributed by atoms with Gasteiger partial charge in [0.2, 0.25) is 0 Å². The summed E-state index contributed by atoms with van der Waals surface area (Å²) in [6.45, 7) is 7.95. The van der Waals surface area contributed by atoms with E-state index in [1.807, 2.05) is 57.2 Å². The van der Waals surface area contributed by atoms with E-state index in [0.717, 1.165) is 27.0 Å². The lowest BCUT2D eigenvalue weighted by Gasteiger charge is -2.06. The number of nitrogens with zero attached hydrogens (tertiary/aromatic N) is 4. The molecule has 8 heteroatoms. The normalized spacial score (nSPS) is 11.8. The molecule has 2 heterocycles. The van der Waals surface area contributed by atoms with E-state index < -0.39 is 5.91 Å². The number of carbonyl (C=O) groups is 2. The van der Waals surface area contributed by atoms with Crippen LogP contribution < -0.4 is 4.80 Å². The van der Waals surface area contributed by atoms with E-state index in [1.165, 1.54) is 17.5 Å². The van der Waals surface area contributed by atoms with Crippen molar-refractivity contribution < 1.29 is 14.3 Å². The van der Waals surface area contributed by atoms with Crippen molar-refractivity contribution in [3.63, 3.8) is 0 Å². The highest BCUT2D eigenvalue weighted by molar-refractivity contribution is 7.16. The van der Waals surface area contributed by atoms with E-state index in [4.69, 9.17) is 4.74 Å². The smallest absolute Gasteiger partial charge is 0.326 e. The molecule has 0 spiro atoms. The SMILES string of the molecule is CCOC(=O)Cn1c(=NC(=O)c2cnn(-c3ccccc3)c2C)sc2cc(C)c(C)cc21. The Hall–Kier alpha value is -3.52. The standard InChI is InChI=1S/C24H24N4O3S/c1-5-31-22(29)14-27-20-11-15(2)16(3)12-21(20)32-24(27)26-23(30)19-13-25-28(17(19)4)18-9-7-6-8-10-18/h6-13H,5,14H2,1-4H3. The molecule has 2 aromatic heterocycles. The van der Waals surface area contributed by atoms with Crippen LogP contribution in [0, 0.1) is 20.8 Å². The number of amides is 1. The third-order valence-corrected chi connectivity index (χ3v) is 6.37. The first kappa shape index (κ1) is 21.7. The van der Waals surface area contributed by atoms with Gasteiger partial charge in [-0.3, -0.25) is 9.59 Å². The Bertz CT molecular complexity index is 1380. The van der Waals surface area contributed by atoms with Crippen molar-refractivity contribution >= 4 is 33.4 Å². The fourth-order valence-corrected chi connectivity index (χ4v) is 4.60. The van der Waals surface area contributed by atoms with Crippen LogP contribution in [0.3, 0.4) is 0 Å². The molecular weight excluding hydrogens is 424 g/mol.